The summed E-state index contributed by atoms with van der Waals surface area (Å²) in [7, 11) is -3.91. The lowest BCUT2D eigenvalue weighted by Crippen LogP contribution is -2.44. The molecule has 0 saturated carbocycles. The molecule has 0 aromatic heterocycles. The van der Waals surface area contributed by atoms with Crippen molar-refractivity contribution in [3.05, 3.63) is 40.4 Å². The van der Waals surface area contributed by atoms with E-state index in [1.165, 1.54) is 30.5 Å². The average molecular weight is 398 g/mol. The highest BCUT2D eigenvalue weighted by molar-refractivity contribution is 7.95. The number of likely N-dealkylation sites (tertiary alicyclic amines) is 1. The van der Waals surface area contributed by atoms with Crippen molar-refractivity contribution in [2.24, 2.45) is 0 Å². The Morgan fingerprint density at radius 1 is 1.38 bits per heavy atom. The molecule has 1 amide bonds. The zero-order valence-corrected chi connectivity index (χ0v) is 15.9. The Hall–Kier alpha value is -2.24. The maximum atomic E-state index is 12.5. The molecule has 2 rings (SSSR count). The highest BCUT2D eigenvalue weighted by Gasteiger charge is 2.24. The van der Waals surface area contributed by atoms with Crippen LogP contribution in [0.3, 0.4) is 0 Å². The molecular formula is C17H20ClN3O4S. The Bertz CT molecular complexity index is 807. The van der Waals surface area contributed by atoms with E-state index in [0.29, 0.717) is 37.6 Å². The van der Waals surface area contributed by atoms with Gasteiger partial charge in [0.05, 0.1) is 11.5 Å². The maximum Gasteiger partial charge on any atom is 0.409 e. The zero-order chi connectivity index (χ0) is 19.2. The Kier molecular flexibility index (Phi) is 6.89. The third-order valence-electron chi connectivity index (χ3n) is 3.99. The molecule has 1 aliphatic rings. The van der Waals surface area contributed by atoms with Crippen molar-refractivity contribution < 1.29 is 17.9 Å². The summed E-state index contributed by atoms with van der Waals surface area (Å²) < 4.78 is 30.0. The molecule has 0 radical (unpaired) electrons. The minimum Gasteiger partial charge on any atom is -0.450 e. The number of allylic oxidation sites excluding steroid dienone is 1. The monoisotopic (exact) mass is 397 g/mol. The fourth-order valence-electron chi connectivity index (χ4n) is 2.55. The highest BCUT2D eigenvalue weighted by atomic mass is 35.5. The van der Waals surface area contributed by atoms with Gasteiger partial charge >= 0.3 is 6.09 Å². The number of nitriles is 1. The number of hydrogen-bond acceptors (Lipinski definition) is 6. The quantitative estimate of drug-likeness (QED) is 0.767. The van der Waals surface area contributed by atoms with Gasteiger partial charge in [-0.3, -0.25) is 0 Å². The normalized spacial score (nSPS) is 16.0. The van der Waals surface area contributed by atoms with Gasteiger partial charge in [-0.05, 0) is 44.0 Å². The first kappa shape index (κ1) is 20.1. The van der Waals surface area contributed by atoms with E-state index >= 15 is 0 Å². The van der Waals surface area contributed by atoms with Gasteiger partial charge in [-0.1, -0.05) is 11.6 Å². The molecule has 9 heteroatoms. The number of nitrogens with zero attached hydrogens (tertiary/aromatic N) is 2. The van der Waals surface area contributed by atoms with Crippen molar-refractivity contribution >= 4 is 27.5 Å². The van der Waals surface area contributed by atoms with E-state index in [-0.39, 0.29) is 21.9 Å². The Balaban J connectivity index is 2.01. The highest BCUT2D eigenvalue weighted by Crippen LogP contribution is 2.21. The van der Waals surface area contributed by atoms with E-state index in [4.69, 9.17) is 16.3 Å². The van der Waals surface area contributed by atoms with Crippen molar-refractivity contribution in [2.45, 2.75) is 30.7 Å². The molecule has 0 atom stereocenters. The number of carbonyl (C=O) groups excluding carboxylic acids is 1. The molecule has 1 aliphatic heterocycles. The molecule has 1 aromatic rings. The van der Waals surface area contributed by atoms with E-state index < -0.39 is 9.84 Å². The minimum absolute atomic E-state index is 0.00799. The molecule has 1 aromatic carbocycles. The van der Waals surface area contributed by atoms with Gasteiger partial charge in [-0.2, -0.15) is 5.26 Å². The summed E-state index contributed by atoms with van der Waals surface area (Å²) in [5.74, 6) is 0. The molecule has 1 fully saturated rings. The first-order valence-electron chi connectivity index (χ1n) is 8.17. The number of nitrogens with one attached hydrogen (secondary N) is 1. The van der Waals surface area contributed by atoms with Gasteiger partial charge in [0, 0.05) is 30.4 Å². The predicted molar refractivity (Wildman–Crippen MR) is 97.1 cm³/mol. The Morgan fingerprint density at radius 3 is 2.54 bits per heavy atom. The number of benzene rings is 1. The lowest BCUT2D eigenvalue weighted by atomic mass is 10.1. The third kappa shape index (κ3) is 4.90. The van der Waals surface area contributed by atoms with Gasteiger partial charge in [0.1, 0.15) is 6.07 Å². The maximum absolute atomic E-state index is 12.5. The SMILES string of the molecule is CCOC(=O)N1CCC(NC=C(C#N)S(=O)(=O)c2ccc(Cl)cc2)CC1. The summed E-state index contributed by atoms with van der Waals surface area (Å²) >= 11 is 5.77. The van der Waals surface area contributed by atoms with Gasteiger partial charge in [-0.25, -0.2) is 13.2 Å². The average Bonchev–Trinajstić information content (AvgIpc) is 2.63. The summed E-state index contributed by atoms with van der Waals surface area (Å²) in [5, 5.41) is 12.6. The van der Waals surface area contributed by atoms with E-state index in [2.05, 4.69) is 5.32 Å². The summed E-state index contributed by atoms with van der Waals surface area (Å²) in [5.41, 5.74) is 0. The Morgan fingerprint density at radius 2 is 2.00 bits per heavy atom. The summed E-state index contributed by atoms with van der Waals surface area (Å²) in [6.07, 6.45) is 2.16. The second-order valence-electron chi connectivity index (χ2n) is 5.70. The van der Waals surface area contributed by atoms with Crippen LogP contribution >= 0.6 is 11.6 Å². The van der Waals surface area contributed by atoms with Gasteiger partial charge in [0.15, 0.2) is 4.91 Å². The van der Waals surface area contributed by atoms with Crippen LogP contribution in [0.15, 0.2) is 40.3 Å². The molecule has 1 saturated heterocycles. The van der Waals surface area contributed by atoms with Gasteiger partial charge < -0.3 is 15.0 Å². The number of rotatable bonds is 5. The van der Waals surface area contributed by atoms with Crippen LogP contribution in [0.25, 0.3) is 0 Å². The molecule has 0 bridgehead atoms. The number of sulfone groups is 1. The molecule has 7 nitrogen and oxygen atoms in total. The molecule has 0 spiro atoms. The smallest absolute Gasteiger partial charge is 0.409 e. The van der Waals surface area contributed by atoms with Crippen LogP contribution < -0.4 is 5.32 Å². The zero-order valence-electron chi connectivity index (χ0n) is 14.3. The summed E-state index contributed by atoms with van der Waals surface area (Å²) in [4.78, 5) is 12.9. The largest absolute Gasteiger partial charge is 0.450 e. The van der Waals surface area contributed by atoms with Gasteiger partial charge in [-0.15, -0.1) is 0 Å². The number of halogens is 1. The van der Waals surface area contributed by atoms with E-state index in [0.717, 1.165) is 0 Å². The molecule has 0 unspecified atom stereocenters. The second-order valence-corrected chi connectivity index (χ2v) is 8.06. The Labute approximate surface area is 158 Å². The van der Waals surface area contributed by atoms with Crippen LogP contribution in [0.4, 0.5) is 4.79 Å². The molecule has 1 N–H and O–H groups in total. The van der Waals surface area contributed by atoms with Crippen LogP contribution in [0.1, 0.15) is 19.8 Å². The van der Waals surface area contributed by atoms with E-state index in [9.17, 15) is 18.5 Å². The first-order valence-corrected chi connectivity index (χ1v) is 10.0. The molecule has 140 valence electrons. The van der Waals surface area contributed by atoms with Crippen molar-refractivity contribution in [3.63, 3.8) is 0 Å². The van der Waals surface area contributed by atoms with Crippen LogP contribution in [0, 0.1) is 11.3 Å². The number of ether oxygens (including phenoxy) is 1. The van der Waals surface area contributed by atoms with Crippen LogP contribution in [-0.2, 0) is 14.6 Å². The van der Waals surface area contributed by atoms with Crippen LogP contribution in [0.2, 0.25) is 5.02 Å². The van der Waals surface area contributed by atoms with Crippen molar-refractivity contribution in [1.82, 2.24) is 10.2 Å². The topological polar surface area (TPSA) is 99.5 Å². The third-order valence-corrected chi connectivity index (χ3v) is 5.93. The van der Waals surface area contributed by atoms with Crippen LogP contribution in [0.5, 0.6) is 0 Å². The molecule has 1 heterocycles. The van der Waals surface area contributed by atoms with Crippen molar-refractivity contribution in [3.8, 4) is 6.07 Å². The van der Waals surface area contributed by atoms with Crippen molar-refractivity contribution in [1.29, 1.82) is 5.26 Å². The molecule has 0 aliphatic carbocycles. The lowest BCUT2D eigenvalue weighted by Gasteiger charge is -2.31. The van der Waals surface area contributed by atoms with Gasteiger partial charge in [0.2, 0.25) is 9.84 Å². The van der Waals surface area contributed by atoms with Gasteiger partial charge in [0.25, 0.3) is 0 Å². The first-order chi connectivity index (χ1) is 12.4. The van der Waals surface area contributed by atoms with E-state index in [1.54, 1.807) is 17.9 Å². The second kappa shape index (κ2) is 8.92. The minimum atomic E-state index is -3.91. The van der Waals surface area contributed by atoms with Crippen LogP contribution in [-0.4, -0.2) is 45.1 Å². The van der Waals surface area contributed by atoms with E-state index in [1.807, 2.05) is 0 Å². The fraction of sp³-hybridized carbons (Fsp3) is 0.412. The fourth-order valence-corrected chi connectivity index (χ4v) is 3.77. The predicted octanol–water partition coefficient (Wildman–Crippen LogP) is 2.69. The number of amides is 1. The number of hydrogen-bond donors (Lipinski definition) is 1. The van der Waals surface area contributed by atoms with Crippen molar-refractivity contribution in [2.75, 3.05) is 19.7 Å². The lowest BCUT2D eigenvalue weighted by molar-refractivity contribution is 0.0960. The standard InChI is InChI=1S/C17H20ClN3O4S/c1-2-25-17(22)21-9-7-14(8-10-21)20-12-16(11-19)26(23,24)15-5-3-13(18)4-6-15/h3-6,12,14,20H,2,7-10H2,1H3. The number of carbonyl (C=O) groups is 1. The summed E-state index contributed by atoms with van der Waals surface area (Å²) in [6.45, 7) is 3.10. The molecule has 26 heavy (non-hydrogen) atoms. The summed E-state index contributed by atoms with van der Waals surface area (Å²) in [6, 6.07) is 7.35. The molecular weight excluding hydrogens is 378 g/mol. The number of piperidine rings is 1.